The first-order chi connectivity index (χ1) is 7.65. The zero-order chi connectivity index (χ0) is 12.1. The Labute approximate surface area is 97.1 Å². The summed E-state index contributed by atoms with van der Waals surface area (Å²) in [5.41, 5.74) is 2.01. The van der Waals surface area contributed by atoms with Gasteiger partial charge >= 0.3 is 0 Å². The van der Waals surface area contributed by atoms with Crippen LogP contribution >= 0.6 is 0 Å². The molecule has 0 bridgehead atoms. The minimum absolute atomic E-state index is 0.0334. The first kappa shape index (κ1) is 12.6. The molecule has 0 saturated carbocycles. The summed E-state index contributed by atoms with van der Waals surface area (Å²) in [6, 6.07) is 5.79. The minimum Gasteiger partial charge on any atom is -0.496 e. The predicted octanol–water partition coefficient (Wildman–Crippen LogP) is 2.54. The first-order valence-corrected chi connectivity index (χ1v) is 5.19. The topological polar surface area (TPSA) is 30.5 Å². The molecule has 0 heterocycles. The maximum Gasteiger partial charge on any atom is 0.127 e. The van der Waals surface area contributed by atoms with E-state index >= 15 is 0 Å². The Morgan fingerprint density at radius 2 is 1.75 bits per heavy atom. The average molecular weight is 221 g/mol. The summed E-state index contributed by atoms with van der Waals surface area (Å²) in [6.45, 7) is 5.96. The third-order valence-electron chi connectivity index (χ3n) is 2.54. The Hall–Kier alpha value is -1.48. The second-order valence-corrected chi connectivity index (χ2v) is 3.64. The molecule has 1 unspecified atom stereocenters. The van der Waals surface area contributed by atoms with Gasteiger partial charge in [0.15, 0.2) is 0 Å². The molecule has 0 fully saturated rings. The fraction of sp³-hybridized carbons (Fsp3) is 0.385. The summed E-state index contributed by atoms with van der Waals surface area (Å²) in [4.78, 5) is 0. The van der Waals surface area contributed by atoms with Gasteiger partial charge in [0.25, 0.3) is 0 Å². The molecule has 0 aliphatic rings. The molecule has 0 aliphatic heterocycles. The van der Waals surface area contributed by atoms with Crippen molar-refractivity contribution in [2.45, 2.75) is 13.0 Å². The van der Waals surface area contributed by atoms with Crippen LogP contribution in [0.25, 0.3) is 0 Å². The normalized spacial score (nSPS) is 12.0. The van der Waals surface area contributed by atoms with Crippen molar-refractivity contribution in [1.82, 2.24) is 5.32 Å². The van der Waals surface area contributed by atoms with Crippen molar-refractivity contribution >= 4 is 0 Å². The molecule has 1 aromatic carbocycles. The fourth-order valence-corrected chi connectivity index (χ4v) is 1.80. The van der Waals surface area contributed by atoms with Gasteiger partial charge in [-0.1, -0.05) is 18.2 Å². The quantitative estimate of drug-likeness (QED) is 0.775. The maximum atomic E-state index is 5.36. The lowest BCUT2D eigenvalue weighted by molar-refractivity contribution is 0.378. The van der Waals surface area contributed by atoms with Crippen LogP contribution < -0.4 is 14.8 Å². The molecule has 1 atom stereocenters. The van der Waals surface area contributed by atoms with Gasteiger partial charge in [0, 0.05) is 0 Å². The van der Waals surface area contributed by atoms with E-state index in [9.17, 15) is 0 Å². The standard InChI is InChI=1S/C13H19NO2/c1-9(2)13(14-3)12-10(15-4)7-6-8-11(12)16-5/h6-8,13-14H,1H2,2-5H3. The summed E-state index contributed by atoms with van der Waals surface area (Å²) in [5, 5.41) is 3.21. The monoisotopic (exact) mass is 221 g/mol. The second-order valence-electron chi connectivity index (χ2n) is 3.64. The van der Waals surface area contributed by atoms with Crippen molar-refractivity contribution in [3.05, 3.63) is 35.9 Å². The van der Waals surface area contributed by atoms with Crippen LogP contribution in [0.2, 0.25) is 0 Å². The molecule has 0 radical (unpaired) electrons. The number of benzene rings is 1. The van der Waals surface area contributed by atoms with Gasteiger partial charge in [-0.25, -0.2) is 0 Å². The van der Waals surface area contributed by atoms with Crippen LogP contribution in [-0.2, 0) is 0 Å². The SMILES string of the molecule is C=C(C)C(NC)c1c(OC)cccc1OC. The Morgan fingerprint density at radius 1 is 1.25 bits per heavy atom. The van der Waals surface area contributed by atoms with E-state index in [1.807, 2.05) is 32.2 Å². The molecule has 3 nitrogen and oxygen atoms in total. The zero-order valence-corrected chi connectivity index (χ0v) is 10.3. The Balaban J connectivity index is 3.31. The molecule has 3 heteroatoms. The van der Waals surface area contributed by atoms with Gasteiger partial charge in [0.1, 0.15) is 11.5 Å². The molecule has 1 rings (SSSR count). The highest BCUT2D eigenvalue weighted by Gasteiger charge is 2.19. The molecule has 0 saturated heterocycles. The van der Waals surface area contributed by atoms with E-state index in [0.717, 1.165) is 22.6 Å². The molecule has 1 aromatic rings. The van der Waals surface area contributed by atoms with Gasteiger partial charge in [-0.2, -0.15) is 0 Å². The largest absolute Gasteiger partial charge is 0.496 e. The van der Waals surface area contributed by atoms with Crippen molar-refractivity contribution in [3.63, 3.8) is 0 Å². The lowest BCUT2D eigenvalue weighted by Gasteiger charge is -2.21. The Morgan fingerprint density at radius 3 is 2.06 bits per heavy atom. The van der Waals surface area contributed by atoms with E-state index < -0.39 is 0 Å². The van der Waals surface area contributed by atoms with Crippen LogP contribution in [0.1, 0.15) is 18.5 Å². The van der Waals surface area contributed by atoms with Crippen LogP contribution in [0.5, 0.6) is 11.5 Å². The van der Waals surface area contributed by atoms with Crippen molar-refractivity contribution in [1.29, 1.82) is 0 Å². The van der Waals surface area contributed by atoms with Crippen molar-refractivity contribution in [2.75, 3.05) is 21.3 Å². The Kier molecular flexibility index (Phi) is 4.38. The van der Waals surface area contributed by atoms with Crippen molar-refractivity contribution in [3.8, 4) is 11.5 Å². The highest BCUT2D eigenvalue weighted by molar-refractivity contribution is 5.49. The van der Waals surface area contributed by atoms with E-state index in [1.165, 1.54) is 0 Å². The third kappa shape index (κ3) is 2.36. The van der Waals surface area contributed by atoms with Crippen LogP contribution in [0, 0.1) is 0 Å². The third-order valence-corrected chi connectivity index (χ3v) is 2.54. The number of hydrogen-bond donors (Lipinski definition) is 1. The molecule has 16 heavy (non-hydrogen) atoms. The van der Waals surface area contributed by atoms with Crippen LogP contribution in [0.3, 0.4) is 0 Å². The molecular formula is C13H19NO2. The average Bonchev–Trinajstić information content (AvgIpc) is 2.29. The summed E-state index contributed by atoms with van der Waals surface area (Å²) < 4.78 is 10.7. The van der Waals surface area contributed by atoms with Crippen molar-refractivity contribution < 1.29 is 9.47 Å². The summed E-state index contributed by atoms with van der Waals surface area (Å²) >= 11 is 0. The van der Waals surface area contributed by atoms with Gasteiger partial charge in [0.2, 0.25) is 0 Å². The number of methoxy groups -OCH3 is 2. The fourth-order valence-electron chi connectivity index (χ4n) is 1.80. The molecule has 0 aromatic heterocycles. The van der Waals surface area contributed by atoms with Gasteiger partial charge in [-0.05, 0) is 26.1 Å². The zero-order valence-electron chi connectivity index (χ0n) is 10.3. The van der Waals surface area contributed by atoms with Crippen LogP contribution in [0.15, 0.2) is 30.4 Å². The summed E-state index contributed by atoms with van der Waals surface area (Å²) in [7, 11) is 5.21. The molecule has 0 amide bonds. The molecule has 0 aliphatic carbocycles. The number of hydrogen-bond acceptors (Lipinski definition) is 3. The highest BCUT2D eigenvalue weighted by Crippen LogP contribution is 2.36. The van der Waals surface area contributed by atoms with E-state index in [4.69, 9.17) is 9.47 Å². The number of nitrogens with one attached hydrogen (secondary N) is 1. The summed E-state index contributed by atoms with van der Waals surface area (Å²) in [5.74, 6) is 1.61. The number of likely N-dealkylation sites (N-methyl/N-ethyl adjacent to an activating group) is 1. The van der Waals surface area contributed by atoms with Crippen LogP contribution in [0.4, 0.5) is 0 Å². The first-order valence-electron chi connectivity index (χ1n) is 5.19. The molecular weight excluding hydrogens is 202 g/mol. The van der Waals surface area contributed by atoms with E-state index in [0.29, 0.717) is 0 Å². The second kappa shape index (κ2) is 5.56. The lowest BCUT2D eigenvalue weighted by Crippen LogP contribution is -2.18. The maximum absolute atomic E-state index is 5.36. The van der Waals surface area contributed by atoms with Gasteiger partial charge in [0.05, 0.1) is 25.8 Å². The number of ether oxygens (including phenoxy) is 2. The lowest BCUT2D eigenvalue weighted by atomic mass is 9.99. The van der Waals surface area contributed by atoms with Gasteiger partial charge < -0.3 is 14.8 Å². The minimum atomic E-state index is 0.0334. The molecule has 0 spiro atoms. The van der Waals surface area contributed by atoms with Gasteiger partial charge in [-0.15, -0.1) is 0 Å². The number of rotatable bonds is 5. The van der Waals surface area contributed by atoms with Crippen LogP contribution in [-0.4, -0.2) is 21.3 Å². The van der Waals surface area contributed by atoms with E-state index in [1.54, 1.807) is 14.2 Å². The molecule has 88 valence electrons. The predicted molar refractivity (Wildman–Crippen MR) is 66.2 cm³/mol. The Bertz CT molecular complexity index is 352. The highest BCUT2D eigenvalue weighted by atomic mass is 16.5. The molecule has 1 N–H and O–H groups in total. The summed E-state index contributed by atoms with van der Waals surface area (Å²) in [6.07, 6.45) is 0. The van der Waals surface area contributed by atoms with E-state index in [2.05, 4.69) is 11.9 Å². The van der Waals surface area contributed by atoms with Gasteiger partial charge in [-0.3, -0.25) is 0 Å². The smallest absolute Gasteiger partial charge is 0.127 e. The van der Waals surface area contributed by atoms with E-state index in [-0.39, 0.29) is 6.04 Å². The van der Waals surface area contributed by atoms with Crippen molar-refractivity contribution in [2.24, 2.45) is 0 Å².